The third-order valence-corrected chi connectivity index (χ3v) is 6.42. The minimum atomic E-state index is -0.199. The zero-order chi connectivity index (χ0) is 24.9. The first-order valence-electron chi connectivity index (χ1n) is 11.5. The highest BCUT2D eigenvalue weighted by Crippen LogP contribution is 2.34. The standard InChI is InChI=1S/C26H28ClN3O5/c1-4-35-26(32)17-11-13-29(14-12-17)25(31)23-16-21(19-10-9-18(33-2)15-24(19)34-3)28-30(23)22-8-6-5-7-20(22)27/h5-10,15-17H,4,11-14H2,1-3H3. The van der Waals surface area contributed by atoms with E-state index in [2.05, 4.69) is 0 Å². The van der Waals surface area contributed by atoms with Crippen LogP contribution < -0.4 is 9.47 Å². The van der Waals surface area contributed by atoms with Crippen LogP contribution in [0.2, 0.25) is 5.02 Å². The van der Waals surface area contributed by atoms with Crippen molar-refractivity contribution >= 4 is 23.5 Å². The smallest absolute Gasteiger partial charge is 0.309 e. The number of carbonyl (C=O) groups is 2. The Morgan fingerprint density at radius 1 is 1.06 bits per heavy atom. The molecule has 0 saturated carbocycles. The summed E-state index contributed by atoms with van der Waals surface area (Å²) in [5.74, 6) is 0.652. The summed E-state index contributed by atoms with van der Waals surface area (Å²) in [5.41, 5.74) is 2.25. The zero-order valence-corrected chi connectivity index (χ0v) is 20.7. The predicted octanol–water partition coefficient (Wildman–Crippen LogP) is 4.63. The topological polar surface area (TPSA) is 82.9 Å². The molecule has 0 N–H and O–H groups in total. The van der Waals surface area contributed by atoms with E-state index in [0.29, 0.717) is 71.7 Å². The molecule has 0 aliphatic carbocycles. The van der Waals surface area contributed by atoms with Gasteiger partial charge < -0.3 is 19.1 Å². The molecule has 1 aliphatic heterocycles. The molecule has 2 heterocycles. The number of para-hydroxylation sites is 1. The van der Waals surface area contributed by atoms with E-state index in [-0.39, 0.29) is 17.8 Å². The first-order chi connectivity index (χ1) is 17.0. The fourth-order valence-corrected chi connectivity index (χ4v) is 4.44. The number of esters is 1. The summed E-state index contributed by atoms with van der Waals surface area (Å²) in [6, 6.07) is 14.4. The van der Waals surface area contributed by atoms with E-state index in [9.17, 15) is 9.59 Å². The third-order valence-electron chi connectivity index (χ3n) is 6.10. The summed E-state index contributed by atoms with van der Waals surface area (Å²) in [7, 11) is 3.16. The van der Waals surface area contributed by atoms with E-state index in [1.165, 1.54) is 0 Å². The quantitative estimate of drug-likeness (QED) is 0.443. The molecule has 4 rings (SSSR count). The van der Waals surface area contributed by atoms with Gasteiger partial charge in [0.25, 0.3) is 5.91 Å². The average molecular weight is 498 g/mol. The molecule has 0 radical (unpaired) electrons. The molecular formula is C26H28ClN3O5. The number of hydrogen-bond acceptors (Lipinski definition) is 6. The number of carbonyl (C=O) groups excluding carboxylic acids is 2. The number of hydrogen-bond donors (Lipinski definition) is 0. The maximum absolute atomic E-state index is 13.7. The highest BCUT2D eigenvalue weighted by atomic mass is 35.5. The second-order valence-corrected chi connectivity index (χ2v) is 8.57. The molecule has 184 valence electrons. The number of aromatic nitrogens is 2. The maximum atomic E-state index is 13.7. The number of nitrogens with zero attached hydrogens (tertiary/aromatic N) is 3. The third kappa shape index (κ3) is 5.12. The van der Waals surface area contributed by atoms with Gasteiger partial charge in [-0.2, -0.15) is 5.10 Å². The Balaban J connectivity index is 1.70. The van der Waals surface area contributed by atoms with Crippen molar-refractivity contribution in [1.29, 1.82) is 0 Å². The van der Waals surface area contributed by atoms with Crippen LogP contribution in [-0.4, -0.2) is 60.5 Å². The van der Waals surface area contributed by atoms with Gasteiger partial charge in [-0.05, 0) is 50.1 Å². The molecule has 1 aromatic heterocycles. The van der Waals surface area contributed by atoms with Crippen LogP contribution in [0, 0.1) is 5.92 Å². The number of ether oxygens (including phenoxy) is 3. The summed E-state index contributed by atoms with van der Waals surface area (Å²) in [6.45, 7) is 3.06. The van der Waals surface area contributed by atoms with Gasteiger partial charge in [0.1, 0.15) is 17.2 Å². The van der Waals surface area contributed by atoms with Crippen molar-refractivity contribution < 1.29 is 23.8 Å². The van der Waals surface area contributed by atoms with Crippen LogP contribution in [0.5, 0.6) is 11.5 Å². The summed E-state index contributed by atoms with van der Waals surface area (Å²) in [6.07, 6.45) is 1.12. The molecule has 2 aromatic carbocycles. The summed E-state index contributed by atoms with van der Waals surface area (Å²) in [5, 5.41) is 5.22. The predicted molar refractivity (Wildman–Crippen MR) is 132 cm³/mol. The van der Waals surface area contributed by atoms with Gasteiger partial charge in [-0.25, -0.2) is 4.68 Å². The fourth-order valence-electron chi connectivity index (χ4n) is 4.22. The number of piperidine rings is 1. The Morgan fingerprint density at radius 3 is 2.46 bits per heavy atom. The number of halogens is 1. The minimum Gasteiger partial charge on any atom is -0.497 e. The molecule has 0 spiro atoms. The lowest BCUT2D eigenvalue weighted by Gasteiger charge is -2.30. The van der Waals surface area contributed by atoms with Crippen LogP contribution >= 0.6 is 11.6 Å². The van der Waals surface area contributed by atoms with Crippen molar-refractivity contribution in [2.75, 3.05) is 33.9 Å². The van der Waals surface area contributed by atoms with E-state index >= 15 is 0 Å². The maximum Gasteiger partial charge on any atom is 0.309 e. The van der Waals surface area contributed by atoms with Gasteiger partial charge >= 0.3 is 5.97 Å². The Bertz CT molecular complexity index is 1220. The van der Waals surface area contributed by atoms with Crippen molar-refractivity contribution in [2.45, 2.75) is 19.8 Å². The summed E-state index contributed by atoms with van der Waals surface area (Å²) < 4.78 is 17.6. The van der Waals surface area contributed by atoms with Crippen molar-refractivity contribution in [3.05, 3.63) is 59.2 Å². The second kappa shape index (κ2) is 10.8. The van der Waals surface area contributed by atoms with Crippen LogP contribution in [0.3, 0.4) is 0 Å². The largest absolute Gasteiger partial charge is 0.497 e. The van der Waals surface area contributed by atoms with Crippen LogP contribution in [0.1, 0.15) is 30.3 Å². The van der Waals surface area contributed by atoms with Gasteiger partial charge in [0, 0.05) is 24.7 Å². The Kier molecular flexibility index (Phi) is 7.60. The molecule has 3 aromatic rings. The van der Waals surface area contributed by atoms with Gasteiger partial charge in [-0.3, -0.25) is 9.59 Å². The van der Waals surface area contributed by atoms with E-state index in [1.807, 2.05) is 30.3 Å². The van der Waals surface area contributed by atoms with Gasteiger partial charge in [0.05, 0.1) is 43.1 Å². The minimum absolute atomic E-state index is 0.182. The van der Waals surface area contributed by atoms with Crippen molar-refractivity contribution in [2.24, 2.45) is 5.92 Å². The number of amides is 1. The first kappa shape index (κ1) is 24.6. The van der Waals surface area contributed by atoms with Crippen LogP contribution in [-0.2, 0) is 9.53 Å². The zero-order valence-electron chi connectivity index (χ0n) is 20.0. The highest BCUT2D eigenvalue weighted by molar-refractivity contribution is 6.32. The van der Waals surface area contributed by atoms with Crippen molar-refractivity contribution in [1.82, 2.24) is 14.7 Å². The monoisotopic (exact) mass is 497 g/mol. The van der Waals surface area contributed by atoms with E-state index in [4.69, 9.17) is 30.9 Å². The van der Waals surface area contributed by atoms with E-state index in [1.54, 1.807) is 48.9 Å². The molecule has 9 heteroatoms. The van der Waals surface area contributed by atoms with Crippen LogP contribution in [0.4, 0.5) is 0 Å². The molecule has 0 bridgehead atoms. The van der Waals surface area contributed by atoms with Gasteiger partial charge in [0.15, 0.2) is 0 Å². The Hall–Kier alpha value is -3.52. The SMILES string of the molecule is CCOC(=O)C1CCN(C(=O)c2cc(-c3ccc(OC)cc3OC)nn2-c2ccccc2Cl)CC1. The molecule has 0 atom stereocenters. The van der Waals surface area contributed by atoms with Crippen molar-refractivity contribution in [3.8, 4) is 28.4 Å². The van der Waals surface area contributed by atoms with Gasteiger partial charge in [-0.15, -0.1) is 0 Å². The highest BCUT2D eigenvalue weighted by Gasteiger charge is 2.31. The second-order valence-electron chi connectivity index (χ2n) is 8.16. The van der Waals surface area contributed by atoms with Crippen LogP contribution in [0.25, 0.3) is 16.9 Å². The van der Waals surface area contributed by atoms with E-state index in [0.717, 1.165) is 0 Å². The molecular weight excluding hydrogens is 470 g/mol. The molecule has 1 aliphatic rings. The molecule has 1 fully saturated rings. The van der Waals surface area contributed by atoms with Gasteiger partial charge in [-0.1, -0.05) is 23.7 Å². The molecule has 35 heavy (non-hydrogen) atoms. The fraction of sp³-hybridized carbons (Fsp3) is 0.346. The van der Waals surface area contributed by atoms with Gasteiger partial charge in [0.2, 0.25) is 0 Å². The summed E-state index contributed by atoms with van der Waals surface area (Å²) >= 11 is 6.48. The molecule has 8 nitrogen and oxygen atoms in total. The molecule has 0 unspecified atom stereocenters. The Morgan fingerprint density at radius 2 is 1.80 bits per heavy atom. The lowest BCUT2D eigenvalue weighted by atomic mass is 9.97. The lowest BCUT2D eigenvalue weighted by Crippen LogP contribution is -2.41. The number of rotatable bonds is 7. The molecule has 1 saturated heterocycles. The number of likely N-dealkylation sites (tertiary alicyclic amines) is 1. The Labute approximate surface area is 209 Å². The number of benzene rings is 2. The normalized spacial score (nSPS) is 14.0. The van der Waals surface area contributed by atoms with Crippen LogP contribution in [0.15, 0.2) is 48.5 Å². The van der Waals surface area contributed by atoms with E-state index < -0.39 is 0 Å². The average Bonchev–Trinajstić information content (AvgIpc) is 3.33. The lowest BCUT2D eigenvalue weighted by molar-refractivity contribution is -0.149. The number of methoxy groups -OCH3 is 2. The first-order valence-corrected chi connectivity index (χ1v) is 11.9. The molecule has 1 amide bonds. The summed E-state index contributed by atoms with van der Waals surface area (Å²) in [4.78, 5) is 27.5. The van der Waals surface area contributed by atoms with Crippen molar-refractivity contribution in [3.63, 3.8) is 0 Å².